The van der Waals surface area contributed by atoms with Gasteiger partial charge in [-0.05, 0) is 31.0 Å². The Labute approximate surface area is 202 Å². The molecule has 0 radical (unpaired) electrons. The van der Waals surface area contributed by atoms with Gasteiger partial charge < -0.3 is 20.1 Å². The summed E-state index contributed by atoms with van der Waals surface area (Å²) in [5.74, 6) is 1.62. The number of methoxy groups -OCH3 is 1. The molecule has 2 N–H and O–H groups in total. The number of aromatic nitrogens is 5. The fourth-order valence-corrected chi connectivity index (χ4v) is 4.37. The predicted molar refractivity (Wildman–Crippen MR) is 131 cm³/mol. The zero-order chi connectivity index (χ0) is 24.2. The Kier molecular flexibility index (Phi) is 6.53. The maximum atomic E-state index is 12.6. The number of pyridine rings is 1. The first-order chi connectivity index (χ1) is 17.1. The van der Waals surface area contributed by atoms with Crippen LogP contribution in [-0.2, 0) is 9.53 Å². The lowest BCUT2D eigenvalue weighted by Gasteiger charge is -2.33. The lowest BCUT2D eigenvalue weighted by molar-refractivity contribution is -0.133. The number of benzene rings is 1. The van der Waals surface area contributed by atoms with E-state index in [2.05, 4.69) is 15.0 Å². The number of piperidine rings is 1. The molecule has 1 amide bonds. The number of carbonyl (C=O) groups is 1. The van der Waals surface area contributed by atoms with E-state index in [1.54, 1.807) is 19.4 Å². The molecule has 0 spiro atoms. The van der Waals surface area contributed by atoms with Gasteiger partial charge in [-0.1, -0.05) is 18.2 Å². The van der Waals surface area contributed by atoms with Crippen LogP contribution in [0, 0.1) is 0 Å². The summed E-state index contributed by atoms with van der Waals surface area (Å²) >= 11 is 0. The molecule has 10 heteroatoms. The Morgan fingerprint density at radius 2 is 2.00 bits per heavy atom. The second-order valence-electron chi connectivity index (χ2n) is 8.43. The highest BCUT2D eigenvalue weighted by Crippen LogP contribution is 2.34. The molecule has 10 nitrogen and oxygen atoms in total. The number of likely N-dealkylation sites (tertiary alicyclic amines) is 1. The number of hydrogen-bond acceptors (Lipinski definition) is 8. The summed E-state index contributed by atoms with van der Waals surface area (Å²) in [6.45, 7) is 1.70. The van der Waals surface area contributed by atoms with Crippen molar-refractivity contribution in [1.29, 1.82) is 0 Å². The van der Waals surface area contributed by atoms with Crippen LogP contribution >= 0.6 is 0 Å². The van der Waals surface area contributed by atoms with Gasteiger partial charge in [0.1, 0.15) is 23.6 Å². The Morgan fingerprint density at radius 3 is 2.77 bits per heavy atom. The third-order valence-electron chi connectivity index (χ3n) is 6.11. The van der Waals surface area contributed by atoms with Crippen molar-refractivity contribution < 1.29 is 14.3 Å². The summed E-state index contributed by atoms with van der Waals surface area (Å²) in [6.07, 6.45) is 5.29. The zero-order valence-corrected chi connectivity index (χ0v) is 19.5. The molecule has 1 atom stereocenters. The van der Waals surface area contributed by atoms with E-state index in [4.69, 9.17) is 20.3 Å². The number of nitrogen functional groups attached to an aromatic ring is 1. The Balaban J connectivity index is 1.45. The van der Waals surface area contributed by atoms with E-state index in [1.165, 1.54) is 6.33 Å². The number of amides is 1. The van der Waals surface area contributed by atoms with Crippen molar-refractivity contribution in [2.45, 2.75) is 25.3 Å². The molecule has 0 saturated carbocycles. The lowest BCUT2D eigenvalue weighted by Crippen LogP contribution is -2.41. The zero-order valence-electron chi connectivity index (χ0n) is 19.5. The fourth-order valence-electron chi connectivity index (χ4n) is 4.37. The highest BCUT2D eigenvalue weighted by molar-refractivity contribution is 5.98. The van der Waals surface area contributed by atoms with Crippen molar-refractivity contribution in [2.75, 3.05) is 32.5 Å². The number of ether oxygens (including phenoxy) is 2. The maximum Gasteiger partial charge on any atom is 0.224 e. The van der Waals surface area contributed by atoms with Crippen molar-refractivity contribution in [3.63, 3.8) is 0 Å². The summed E-state index contributed by atoms with van der Waals surface area (Å²) in [6, 6.07) is 13.2. The monoisotopic (exact) mass is 473 g/mol. The van der Waals surface area contributed by atoms with E-state index < -0.39 is 0 Å². The number of para-hydroxylation sites is 1. The number of rotatable bonds is 7. The minimum absolute atomic E-state index is 0.0190. The summed E-state index contributed by atoms with van der Waals surface area (Å²) in [5.41, 5.74) is 8.35. The van der Waals surface area contributed by atoms with Crippen LogP contribution < -0.4 is 10.5 Å². The van der Waals surface area contributed by atoms with Gasteiger partial charge in [0.2, 0.25) is 11.8 Å². The molecular weight excluding hydrogens is 446 g/mol. The maximum absolute atomic E-state index is 12.6. The van der Waals surface area contributed by atoms with Gasteiger partial charge in [0, 0.05) is 38.0 Å². The van der Waals surface area contributed by atoms with E-state index in [1.807, 2.05) is 46.0 Å². The first kappa shape index (κ1) is 22.7. The van der Waals surface area contributed by atoms with Crippen LogP contribution in [0.4, 0.5) is 5.82 Å². The Bertz CT molecular complexity index is 1310. The first-order valence-corrected chi connectivity index (χ1v) is 11.6. The molecule has 1 saturated heterocycles. The number of fused-ring (bicyclic) bond motifs is 1. The highest BCUT2D eigenvalue weighted by Gasteiger charge is 2.28. The van der Waals surface area contributed by atoms with Crippen molar-refractivity contribution in [3.05, 3.63) is 55.0 Å². The first-order valence-electron chi connectivity index (χ1n) is 11.6. The Hall–Kier alpha value is -4.05. The smallest absolute Gasteiger partial charge is 0.224 e. The largest absolute Gasteiger partial charge is 0.439 e. The molecule has 35 heavy (non-hydrogen) atoms. The third kappa shape index (κ3) is 4.78. The van der Waals surface area contributed by atoms with Crippen molar-refractivity contribution >= 4 is 22.8 Å². The number of anilines is 1. The molecule has 180 valence electrons. The summed E-state index contributed by atoms with van der Waals surface area (Å²) in [4.78, 5) is 27.6. The van der Waals surface area contributed by atoms with E-state index in [0.29, 0.717) is 53.7 Å². The molecule has 0 bridgehead atoms. The molecule has 0 aliphatic carbocycles. The molecule has 1 aliphatic rings. The number of hydrogen-bond donors (Lipinski definition) is 1. The normalized spacial score (nSPS) is 15.9. The molecule has 1 unspecified atom stereocenters. The lowest BCUT2D eigenvalue weighted by atomic mass is 10.1. The van der Waals surface area contributed by atoms with Gasteiger partial charge in [-0.2, -0.15) is 5.10 Å². The molecule has 5 rings (SSSR count). The molecule has 1 fully saturated rings. The van der Waals surface area contributed by atoms with Crippen LogP contribution in [0.5, 0.6) is 11.6 Å². The second kappa shape index (κ2) is 10.1. The van der Waals surface area contributed by atoms with Crippen LogP contribution in [0.2, 0.25) is 0 Å². The van der Waals surface area contributed by atoms with Crippen molar-refractivity contribution in [2.24, 2.45) is 0 Å². The average molecular weight is 474 g/mol. The molecular formula is C25H27N7O3. The predicted octanol–water partition coefficient (Wildman–Crippen LogP) is 3.46. The van der Waals surface area contributed by atoms with Gasteiger partial charge in [-0.15, -0.1) is 0 Å². The minimum Gasteiger partial charge on any atom is -0.439 e. The van der Waals surface area contributed by atoms with E-state index in [0.717, 1.165) is 24.9 Å². The SMILES string of the molecule is COCCC(=O)N1CCCC(n2nc(-c3ccc(Oc4ccccc4)nc3)c3c(N)ncnc32)C1. The van der Waals surface area contributed by atoms with Gasteiger partial charge in [-0.25, -0.2) is 19.6 Å². The van der Waals surface area contributed by atoms with Crippen molar-refractivity contribution in [1.82, 2.24) is 29.6 Å². The number of nitrogens with two attached hydrogens (primary N) is 1. The van der Waals surface area contributed by atoms with Crippen LogP contribution in [0.25, 0.3) is 22.3 Å². The fraction of sp³-hybridized carbons (Fsp3) is 0.320. The van der Waals surface area contributed by atoms with E-state index in [9.17, 15) is 4.79 Å². The molecule has 1 aromatic carbocycles. The average Bonchev–Trinajstić information content (AvgIpc) is 3.29. The third-order valence-corrected chi connectivity index (χ3v) is 6.11. The minimum atomic E-state index is -0.0190. The highest BCUT2D eigenvalue weighted by atomic mass is 16.5. The van der Waals surface area contributed by atoms with Gasteiger partial charge in [0.25, 0.3) is 0 Å². The quantitative estimate of drug-likeness (QED) is 0.433. The van der Waals surface area contributed by atoms with Crippen LogP contribution in [0.3, 0.4) is 0 Å². The van der Waals surface area contributed by atoms with Crippen LogP contribution in [0.15, 0.2) is 55.0 Å². The summed E-state index contributed by atoms with van der Waals surface area (Å²) in [5, 5.41) is 5.58. The van der Waals surface area contributed by atoms with E-state index >= 15 is 0 Å². The molecule has 3 aromatic heterocycles. The van der Waals surface area contributed by atoms with E-state index in [-0.39, 0.29) is 11.9 Å². The summed E-state index contributed by atoms with van der Waals surface area (Å²) < 4.78 is 12.8. The molecule has 1 aliphatic heterocycles. The van der Waals surface area contributed by atoms with Gasteiger partial charge in [0.05, 0.1) is 24.5 Å². The van der Waals surface area contributed by atoms with Crippen LogP contribution in [-0.4, -0.2) is 62.3 Å². The number of nitrogens with zero attached hydrogens (tertiary/aromatic N) is 6. The van der Waals surface area contributed by atoms with Crippen molar-refractivity contribution in [3.8, 4) is 22.9 Å². The Morgan fingerprint density at radius 1 is 1.14 bits per heavy atom. The van der Waals surface area contributed by atoms with Gasteiger partial charge in [-0.3, -0.25) is 4.79 Å². The number of carbonyl (C=O) groups excluding carboxylic acids is 1. The molecule has 4 heterocycles. The van der Waals surface area contributed by atoms with Gasteiger partial charge >= 0.3 is 0 Å². The standard InChI is InChI=1S/C25H27N7O3/c1-34-13-11-21(33)31-12-5-6-18(15-31)32-25-22(24(26)28-16-29-25)23(30-32)17-9-10-20(27-14-17)35-19-7-3-2-4-8-19/h2-4,7-10,14,16,18H,5-6,11-13,15H2,1H3,(H2,26,28,29). The van der Waals surface area contributed by atoms with Crippen LogP contribution in [0.1, 0.15) is 25.3 Å². The second-order valence-corrected chi connectivity index (χ2v) is 8.43. The molecule has 4 aromatic rings. The van der Waals surface area contributed by atoms with Gasteiger partial charge in [0.15, 0.2) is 5.65 Å². The summed E-state index contributed by atoms with van der Waals surface area (Å²) in [7, 11) is 1.60. The topological polar surface area (TPSA) is 121 Å².